The first kappa shape index (κ1) is 17.2. The quantitative estimate of drug-likeness (QED) is 0.836. The maximum absolute atomic E-state index is 12.7. The monoisotopic (exact) mass is 366 g/mol. The van der Waals surface area contributed by atoms with Gasteiger partial charge in [0.2, 0.25) is 0 Å². The van der Waals surface area contributed by atoms with E-state index in [1.165, 1.54) is 17.1 Å². The molecule has 0 N–H and O–H groups in total. The van der Waals surface area contributed by atoms with Gasteiger partial charge < -0.3 is 9.47 Å². The molecule has 0 spiro atoms. The summed E-state index contributed by atoms with van der Waals surface area (Å²) in [5.74, 6) is 1.21. The Hall–Kier alpha value is -2.23. The van der Waals surface area contributed by atoms with Crippen molar-refractivity contribution in [3.8, 4) is 6.07 Å². The molecule has 1 aromatic heterocycles. The summed E-state index contributed by atoms with van der Waals surface area (Å²) in [6, 6.07) is 10.0. The second kappa shape index (κ2) is 7.18. The molecule has 0 atom stereocenters. The molecule has 2 aliphatic rings. The molecule has 0 radical (unpaired) electrons. The number of rotatable bonds is 3. The van der Waals surface area contributed by atoms with Crippen molar-refractivity contribution in [2.75, 3.05) is 43.4 Å². The first-order chi connectivity index (χ1) is 12.7. The molecule has 0 unspecified atom stereocenters. The van der Waals surface area contributed by atoms with Gasteiger partial charge in [-0.2, -0.15) is 5.26 Å². The number of hydrogen-bond acceptors (Lipinski definition) is 5. The number of fused-ring (bicyclic) bond motifs is 1. The van der Waals surface area contributed by atoms with E-state index in [4.69, 9.17) is 0 Å². The van der Waals surface area contributed by atoms with Crippen molar-refractivity contribution in [1.82, 2.24) is 9.47 Å². The Morgan fingerprint density at radius 1 is 1.19 bits per heavy atom. The van der Waals surface area contributed by atoms with Crippen LogP contribution >= 0.6 is 11.8 Å². The van der Waals surface area contributed by atoms with Crippen LogP contribution in [0.25, 0.3) is 10.9 Å². The highest BCUT2D eigenvalue weighted by Gasteiger charge is 2.24. The predicted molar refractivity (Wildman–Crippen MR) is 108 cm³/mol. The largest absolute Gasteiger partial charge is 0.367 e. The molecule has 0 saturated carbocycles. The van der Waals surface area contributed by atoms with Crippen LogP contribution in [0.15, 0.2) is 40.0 Å². The van der Waals surface area contributed by atoms with E-state index in [1.807, 2.05) is 36.0 Å². The van der Waals surface area contributed by atoms with Crippen molar-refractivity contribution >= 4 is 28.4 Å². The first-order valence-electron chi connectivity index (χ1n) is 9.00. The zero-order valence-corrected chi connectivity index (χ0v) is 15.8. The van der Waals surface area contributed by atoms with Gasteiger partial charge in [-0.05, 0) is 17.4 Å². The van der Waals surface area contributed by atoms with Gasteiger partial charge in [0.1, 0.15) is 11.6 Å². The number of aryl methyl sites for hydroxylation is 1. The van der Waals surface area contributed by atoms with Crippen molar-refractivity contribution in [1.29, 1.82) is 5.26 Å². The number of thioether (sulfide) groups is 1. The molecule has 0 bridgehead atoms. The molecule has 1 saturated heterocycles. The summed E-state index contributed by atoms with van der Waals surface area (Å²) in [5.41, 5.74) is 1.73. The van der Waals surface area contributed by atoms with Crippen LogP contribution in [0.3, 0.4) is 0 Å². The molecule has 4 rings (SSSR count). The molecule has 0 aliphatic carbocycles. The van der Waals surface area contributed by atoms with Crippen molar-refractivity contribution in [2.45, 2.75) is 6.42 Å². The van der Waals surface area contributed by atoms with E-state index in [0.717, 1.165) is 49.3 Å². The lowest BCUT2D eigenvalue weighted by Crippen LogP contribution is -2.47. The molecule has 2 aromatic rings. The summed E-state index contributed by atoms with van der Waals surface area (Å²) < 4.78 is 1.58. The van der Waals surface area contributed by atoms with Gasteiger partial charge in [-0.15, -0.1) is 11.8 Å². The van der Waals surface area contributed by atoms with Crippen LogP contribution < -0.4 is 10.5 Å². The molecular formula is C20H22N4OS. The Balaban J connectivity index is 1.64. The minimum Gasteiger partial charge on any atom is -0.367 e. The lowest BCUT2D eigenvalue weighted by atomic mass is 10.1. The van der Waals surface area contributed by atoms with Gasteiger partial charge in [0.15, 0.2) is 0 Å². The number of anilines is 1. The summed E-state index contributed by atoms with van der Waals surface area (Å²) in [7, 11) is 1.74. The fourth-order valence-corrected chi connectivity index (χ4v) is 4.85. The molecule has 134 valence electrons. The standard InChI is InChI=1S/C20H22N4OS/c1-22-18-7-3-2-6-16(18)19(17(13-21)20(22)25)24-10-8-23(9-11-24)14-15-5-4-12-26-15/h2-3,5-7H,4,8-12,14H2,1H3. The Morgan fingerprint density at radius 3 is 2.65 bits per heavy atom. The van der Waals surface area contributed by atoms with Gasteiger partial charge in [-0.25, -0.2) is 0 Å². The van der Waals surface area contributed by atoms with E-state index in [-0.39, 0.29) is 11.1 Å². The number of para-hydroxylation sites is 1. The lowest BCUT2D eigenvalue weighted by Gasteiger charge is -2.37. The predicted octanol–water partition coefficient (Wildman–Crippen LogP) is 2.55. The summed E-state index contributed by atoms with van der Waals surface area (Å²) in [4.78, 5) is 18.8. The van der Waals surface area contributed by atoms with Gasteiger partial charge in [-0.3, -0.25) is 9.69 Å². The molecular weight excluding hydrogens is 344 g/mol. The third kappa shape index (κ3) is 3.02. The topological polar surface area (TPSA) is 52.3 Å². The summed E-state index contributed by atoms with van der Waals surface area (Å²) in [5, 5.41) is 10.6. The average Bonchev–Trinajstić information content (AvgIpc) is 3.18. The number of nitriles is 1. The Bertz CT molecular complexity index is 964. The second-order valence-corrected chi connectivity index (χ2v) is 8.01. The number of piperazine rings is 1. The number of nitrogens with zero attached hydrogens (tertiary/aromatic N) is 4. The number of hydrogen-bond donors (Lipinski definition) is 0. The highest BCUT2D eigenvalue weighted by molar-refractivity contribution is 8.03. The number of aromatic nitrogens is 1. The Kier molecular flexibility index (Phi) is 4.75. The number of allylic oxidation sites excluding steroid dienone is 1. The Morgan fingerprint density at radius 2 is 1.96 bits per heavy atom. The van der Waals surface area contributed by atoms with E-state index in [1.54, 1.807) is 11.6 Å². The van der Waals surface area contributed by atoms with Crippen LogP contribution in [0.4, 0.5) is 5.69 Å². The summed E-state index contributed by atoms with van der Waals surface area (Å²) in [6.45, 7) is 4.60. The van der Waals surface area contributed by atoms with Crippen molar-refractivity contribution in [3.63, 3.8) is 0 Å². The normalized spacial score (nSPS) is 18.2. The van der Waals surface area contributed by atoms with Crippen LogP contribution in [0.2, 0.25) is 0 Å². The van der Waals surface area contributed by atoms with Crippen molar-refractivity contribution in [3.05, 3.63) is 51.2 Å². The highest BCUT2D eigenvalue weighted by Crippen LogP contribution is 2.30. The number of benzene rings is 1. The van der Waals surface area contributed by atoms with Gasteiger partial charge in [0.05, 0.1) is 11.2 Å². The molecule has 0 amide bonds. The summed E-state index contributed by atoms with van der Waals surface area (Å²) >= 11 is 1.96. The molecule has 3 heterocycles. The van der Waals surface area contributed by atoms with Gasteiger partial charge >= 0.3 is 0 Å². The maximum Gasteiger partial charge on any atom is 0.270 e. The van der Waals surface area contributed by atoms with Crippen LogP contribution in [0, 0.1) is 11.3 Å². The van der Waals surface area contributed by atoms with Crippen LogP contribution in [-0.2, 0) is 7.05 Å². The number of pyridine rings is 1. The van der Waals surface area contributed by atoms with Crippen molar-refractivity contribution in [2.24, 2.45) is 7.05 Å². The average molecular weight is 366 g/mol. The van der Waals surface area contributed by atoms with Crippen LogP contribution in [0.5, 0.6) is 0 Å². The second-order valence-electron chi connectivity index (χ2n) is 6.79. The minimum atomic E-state index is -0.212. The molecule has 1 fully saturated rings. The molecule has 5 nitrogen and oxygen atoms in total. The van der Waals surface area contributed by atoms with E-state index in [0.29, 0.717) is 0 Å². The summed E-state index contributed by atoms with van der Waals surface area (Å²) in [6.07, 6.45) is 3.53. The van der Waals surface area contributed by atoms with Crippen LogP contribution in [0.1, 0.15) is 12.0 Å². The first-order valence-corrected chi connectivity index (χ1v) is 9.98. The third-order valence-electron chi connectivity index (χ3n) is 5.23. The van der Waals surface area contributed by atoms with Crippen molar-refractivity contribution < 1.29 is 0 Å². The maximum atomic E-state index is 12.7. The smallest absolute Gasteiger partial charge is 0.270 e. The van der Waals surface area contributed by atoms with Gasteiger partial charge in [0, 0.05) is 50.9 Å². The molecule has 6 heteroatoms. The lowest BCUT2D eigenvalue weighted by molar-refractivity contribution is 0.282. The zero-order valence-electron chi connectivity index (χ0n) is 14.9. The molecule has 26 heavy (non-hydrogen) atoms. The van der Waals surface area contributed by atoms with E-state index < -0.39 is 0 Å². The molecule has 2 aliphatic heterocycles. The van der Waals surface area contributed by atoms with Crippen LogP contribution in [-0.4, -0.2) is 47.9 Å². The highest BCUT2D eigenvalue weighted by atomic mass is 32.2. The zero-order chi connectivity index (χ0) is 18.1. The van der Waals surface area contributed by atoms with E-state index in [2.05, 4.69) is 21.9 Å². The minimum absolute atomic E-state index is 0.212. The fourth-order valence-electron chi connectivity index (χ4n) is 3.84. The fraction of sp³-hybridized carbons (Fsp3) is 0.400. The Labute approximate surface area is 157 Å². The van der Waals surface area contributed by atoms with E-state index >= 15 is 0 Å². The SMILES string of the molecule is Cn1c(=O)c(C#N)c(N2CCN(CC3=CCCS3)CC2)c2ccccc21. The van der Waals surface area contributed by atoms with E-state index in [9.17, 15) is 10.1 Å². The van der Waals surface area contributed by atoms with Gasteiger partial charge in [0.25, 0.3) is 5.56 Å². The van der Waals surface area contributed by atoms with Gasteiger partial charge in [-0.1, -0.05) is 24.3 Å². The third-order valence-corrected chi connectivity index (χ3v) is 6.34. The molecule has 1 aromatic carbocycles.